The van der Waals surface area contributed by atoms with Gasteiger partial charge in [0.2, 0.25) is 17.7 Å². The van der Waals surface area contributed by atoms with Gasteiger partial charge >= 0.3 is 6.09 Å². The zero-order chi connectivity index (χ0) is 77.5. The number of Topliss-reactive ketones (excluding diaryl/α,β-unsaturated/α-hetero) is 3. The Kier molecular flexibility index (Phi) is 23.6. The summed E-state index contributed by atoms with van der Waals surface area (Å²) in [7, 11) is 4.67. The second kappa shape index (κ2) is 33.7. The van der Waals surface area contributed by atoms with Crippen molar-refractivity contribution < 1.29 is 76.7 Å². The number of aryl methyl sites for hydroxylation is 2. The number of benzene rings is 6. The maximum Gasteiger partial charge on any atom is 0.416 e. The molecule has 110 heavy (non-hydrogen) atoms. The van der Waals surface area contributed by atoms with Crippen molar-refractivity contribution in [3.63, 3.8) is 0 Å². The number of unbranched alkanes of at least 4 members (excludes halogenated alkanes) is 2. The average Bonchev–Trinajstić information content (AvgIpc) is 1.56. The van der Waals surface area contributed by atoms with Gasteiger partial charge < -0.3 is 58.9 Å². The molecule has 1 saturated carbocycles. The standard InChI is InChI=1S/C85H95N9O16/c1-8-93-79-64-18-12-13-19-68(64)91(47-57-16-10-11-17-63(57)78(79)88-89-93)77(99)33-29-60(95)28-32-76(98)86-46-61(96)41-65(51(2)3)80(100)87-52(4)71(97)38-53-20-22-54(23-21-53)49-110-84(104)94-69-44-75(73(107-7)43-67(69)82(102)92-50-85(34-35-85)45-70(92)83(94)103)109-37-15-9-14-36-108-74-40-56-24-27-59-39-58(55-25-30-62(105-5)31-26-55)48-90(59)81(101)66(56)42-72(74)106-6/h10-13,16-23,25-26,30-31,40,42-44,48,51-52,59,65,70,83,103H,8-9,14-15,24,27-29,32-39,41,45-47,49-50H2,1-7H3,(H,86,98)(H,87,100)/t52-,59+,65-,70-,83-/m0/s1. The van der Waals surface area contributed by atoms with Gasteiger partial charge in [-0.25, -0.2) is 14.4 Å². The lowest BCUT2D eigenvalue weighted by Gasteiger charge is -2.31. The van der Waals surface area contributed by atoms with Gasteiger partial charge in [-0.15, -0.1) is 5.10 Å². The second-order valence-corrected chi connectivity index (χ2v) is 29.8. The Bertz CT molecular complexity index is 4700. The van der Waals surface area contributed by atoms with Crippen molar-refractivity contribution in [2.24, 2.45) is 17.3 Å². The number of hydrogen-bond acceptors (Lipinski definition) is 18. The highest BCUT2D eigenvalue weighted by molar-refractivity contribution is 6.07. The minimum absolute atomic E-state index is 0.0370. The summed E-state index contributed by atoms with van der Waals surface area (Å²) in [5.41, 5.74) is 9.73. The van der Waals surface area contributed by atoms with Gasteiger partial charge in [-0.2, -0.15) is 0 Å². The summed E-state index contributed by atoms with van der Waals surface area (Å²) in [6, 6.07) is 35.2. The normalized spacial score (nSPS) is 17.6. The fourth-order valence-electron chi connectivity index (χ4n) is 15.6. The third-order valence-electron chi connectivity index (χ3n) is 22.2. The van der Waals surface area contributed by atoms with Crippen LogP contribution in [0.5, 0.6) is 28.7 Å². The largest absolute Gasteiger partial charge is 0.497 e. The molecular weight excluding hydrogens is 1400 g/mol. The molecule has 6 aliphatic rings. The minimum atomic E-state index is -1.46. The van der Waals surface area contributed by atoms with Gasteiger partial charge in [-0.05, 0) is 153 Å². The lowest BCUT2D eigenvalue weighted by atomic mass is 9.89. The Morgan fingerprint density at radius 1 is 0.691 bits per heavy atom. The van der Waals surface area contributed by atoms with Crippen molar-refractivity contribution in [2.45, 2.75) is 168 Å². The Morgan fingerprint density at radius 2 is 1.37 bits per heavy atom. The number of hydrogen-bond donors (Lipinski definition) is 3. The number of fused-ring (bicyclic) bond motifs is 9. The Hall–Kier alpha value is -11.2. The Balaban J connectivity index is 0.557. The molecule has 576 valence electrons. The molecule has 0 radical (unpaired) electrons. The molecule has 3 N–H and O–H groups in total. The zero-order valence-corrected chi connectivity index (χ0v) is 63.3. The summed E-state index contributed by atoms with van der Waals surface area (Å²) in [5.74, 6) is -1.47. The van der Waals surface area contributed by atoms with Crippen LogP contribution < -0.4 is 44.1 Å². The van der Waals surface area contributed by atoms with Crippen LogP contribution in [0.1, 0.15) is 160 Å². The van der Waals surface area contributed by atoms with Gasteiger partial charge in [-0.1, -0.05) is 97.9 Å². The molecule has 7 aromatic rings. The summed E-state index contributed by atoms with van der Waals surface area (Å²) in [4.78, 5) is 130. The highest BCUT2D eigenvalue weighted by Gasteiger charge is 2.58. The molecule has 13 rings (SSSR count). The molecular formula is C85H95N9O16. The molecule has 25 nitrogen and oxygen atoms in total. The number of carbonyl (C=O) groups is 9. The molecule has 1 saturated heterocycles. The van der Waals surface area contributed by atoms with Crippen LogP contribution in [-0.2, 0) is 66.0 Å². The molecule has 2 fully saturated rings. The summed E-state index contributed by atoms with van der Waals surface area (Å²) in [6.07, 6.45) is 5.40. The lowest BCUT2D eigenvalue weighted by molar-refractivity contribution is -0.133. The van der Waals surface area contributed by atoms with Crippen LogP contribution in [-0.4, -0.2) is 155 Å². The molecule has 5 aliphatic heterocycles. The van der Waals surface area contributed by atoms with Gasteiger partial charge in [0.05, 0.1) is 82.3 Å². The first-order valence-corrected chi connectivity index (χ1v) is 38.1. The summed E-state index contributed by atoms with van der Waals surface area (Å²) < 4.78 is 37.3. The van der Waals surface area contributed by atoms with E-state index in [2.05, 4.69) is 20.9 Å². The van der Waals surface area contributed by atoms with E-state index < -0.39 is 47.9 Å². The number of aliphatic hydroxyl groups is 1. The second-order valence-electron chi connectivity index (χ2n) is 29.8. The predicted molar refractivity (Wildman–Crippen MR) is 409 cm³/mol. The molecule has 1 aliphatic carbocycles. The number of carbonyl (C=O) groups excluding carboxylic acids is 9. The number of ketones is 3. The number of aromatic nitrogens is 3. The van der Waals surface area contributed by atoms with Gasteiger partial charge in [0.15, 0.2) is 40.8 Å². The van der Waals surface area contributed by atoms with Gasteiger partial charge in [0.25, 0.3) is 11.8 Å². The van der Waals surface area contributed by atoms with Crippen molar-refractivity contribution in [3.8, 4) is 51.3 Å². The zero-order valence-electron chi connectivity index (χ0n) is 63.3. The molecule has 0 bridgehead atoms. The van der Waals surface area contributed by atoms with Crippen molar-refractivity contribution in [1.82, 2.24) is 35.4 Å². The monoisotopic (exact) mass is 1500 g/mol. The van der Waals surface area contributed by atoms with Crippen molar-refractivity contribution >= 4 is 69.9 Å². The van der Waals surface area contributed by atoms with Crippen molar-refractivity contribution in [2.75, 3.05) is 57.4 Å². The molecule has 1 spiro atoms. The maximum absolute atomic E-state index is 14.5. The van der Waals surface area contributed by atoms with Crippen LogP contribution in [0.25, 0.3) is 28.1 Å². The molecule has 0 unspecified atom stereocenters. The van der Waals surface area contributed by atoms with Crippen LogP contribution in [0.15, 0.2) is 128 Å². The van der Waals surface area contributed by atoms with Crippen LogP contribution in [0.2, 0.25) is 0 Å². The van der Waals surface area contributed by atoms with Crippen LogP contribution in [0, 0.1) is 17.3 Å². The molecule has 6 heterocycles. The first-order chi connectivity index (χ1) is 53.1. The third-order valence-corrected chi connectivity index (χ3v) is 22.2. The highest BCUT2D eigenvalue weighted by Crippen LogP contribution is 2.57. The first-order valence-electron chi connectivity index (χ1n) is 38.1. The number of rotatable bonds is 31. The van der Waals surface area contributed by atoms with E-state index in [4.69, 9.17) is 28.4 Å². The quantitative estimate of drug-likeness (QED) is 0.0340. The number of nitrogens with zero attached hydrogens (tertiary/aromatic N) is 7. The fourth-order valence-corrected chi connectivity index (χ4v) is 15.6. The maximum atomic E-state index is 14.5. The van der Waals surface area contributed by atoms with E-state index in [0.29, 0.717) is 85.7 Å². The van der Waals surface area contributed by atoms with Crippen molar-refractivity contribution in [3.05, 3.63) is 166 Å². The average molecular weight is 1500 g/mol. The first kappa shape index (κ1) is 77.0. The number of methoxy groups -OCH3 is 3. The van der Waals surface area contributed by atoms with E-state index in [1.54, 1.807) is 91.9 Å². The van der Waals surface area contributed by atoms with Crippen molar-refractivity contribution in [1.29, 1.82) is 0 Å². The molecule has 25 heteroatoms. The number of ether oxygens (including phenoxy) is 6. The fraction of sp³-hybridized carbons (Fsp3) is 0.424. The van der Waals surface area contributed by atoms with Crippen LogP contribution in [0.4, 0.5) is 16.2 Å². The summed E-state index contributed by atoms with van der Waals surface area (Å²) >= 11 is 0. The lowest BCUT2D eigenvalue weighted by Crippen LogP contribution is -2.50. The predicted octanol–water partition coefficient (Wildman–Crippen LogP) is 11.6. The SMILES string of the molecule is CCn1nnc2c1-c1ccccc1N(C(=O)CCC(=O)CCC(=O)NCC(=O)C[C@H](C(=O)N[C@@H](C)C(=O)Cc1ccc(COC(=O)N3c4cc(OCCCCCOc5cc6c(cc5OC)C(=O)N5C=C(c7ccc(OC)cc7)C[C@H]5CC6)c(OC)cc4C(=O)N4CC5(CC5)C[C@H]4[C@@H]3O)cc1)C(C)C)Cc1ccccc1-2. The summed E-state index contributed by atoms with van der Waals surface area (Å²) in [6.45, 7) is 8.41. The number of nitrogens with one attached hydrogen (secondary N) is 2. The highest BCUT2D eigenvalue weighted by atomic mass is 16.6. The molecule has 1 aromatic heterocycles. The molecule has 6 aromatic carbocycles. The molecule has 5 atom stereocenters. The summed E-state index contributed by atoms with van der Waals surface area (Å²) in [5, 5.41) is 26.5. The van der Waals surface area contributed by atoms with E-state index in [1.807, 2.05) is 96.9 Å². The van der Waals surface area contributed by atoms with Crippen LogP contribution >= 0.6 is 0 Å². The number of amides is 6. The Labute approximate surface area is 639 Å². The van der Waals surface area contributed by atoms with Crippen LogP contribution in [0.3, 0.4) is 0 Å². The van der Waals surface area contributed by atoms with E-state index in [1.165, 1.54) is 7.11 Å². The van der Waals surface area contributed by atoms with E-state index in [9.17, 15) is 48.3 Å². The van der Waals surface area contributed by atoms with E-state index in [0.717, 1.165) is 81.1 Å². The van der Waals surface area contributed by atoms with E-state index in [-0.39, 0.29) is 134 Å². The van der Waals surface area contributed by atoms with Gasteiger partial charge in [0, 0.05) is 92.5 Å². The number of aliphatic hydroxyl groups excluding tert-OH is 1. The third kappa shape index (κ3) is 16.8. The van der Waals surface area contributed by atoms with Gasteiger partial charge in [0.1, 0.15) is 23.8 Å². The number of anilines is 2. The minimum Gasteiger partial charge on any atom is -0.497 e. The smallest absolute Gasteiger partial charge is 0.416 e. The number of para-hydroxylation sites is 1. The van der Waals surface area contributed by atoms with Gasteiger partial charge in [-0.3, -0.25) is 38.4 Å². The van der Waals surface area contributed by atoms with E-state index >= 15 is 0 Å². The topological polar surface area (TPSA) is 297 Å². The molecule has 6 amide bonds. The Morgan fingerprint density at radius 3 is 2.07 bits per heavy atom.